The van der Waals surface area contributed by atoms with E-state index in [2.05, 4.69) is 43.4 Å². The molecule has 1 fully saturated rings. The van der Waals surface area contributed by atoms with Crippen LogP contribution in [0.15, 0.2) is 48.5 Å². The number of benzene rings is 2. The highest BCUT2D eigenvalue weighted by Gasteiger charge is 2.21. The smallest absolute Gasteiger partial charge is 0.251 e. The van der Waals surface area contributed by atoms with E-state index in [-0.39, 0.29) is 17.9 Å². The van der Waals surface area contributed by atoms with Crippen LogP contribution in [0.2, 0.25) is 0 Å². The quantitative estimate of drug-likeness (QED) is 0.867. The van der Waals surface area contributed by atoms with E-state index in [1.807, 2.05) is 19.1 Å². The van der Waals surface area contributed by atoms with Gasteiger partial charge in [0.2, 0.25) is 5.91 Å². The average Bonchev–Trinajstić information content (AvgIpc) is 3.07. The third kappa shape index (κ3) is 3.96. The van der Waals surface area contributed by atoms with Gasteiger partial charge in [0.15, 0.2) is 0 Å². The van der Waals surface area contributed by atoms with Gasteiger partial charge in [0, 0.05) is 24.2 Å². The Morgan fingerprint density at radius 2 is 1.58 bits per heavy atom. The lowest BCUT2D eigenvalue weighted by Crippen LogP contribution is -2.27. The number of nitrogens with one attached hydrogen (secondary N) is 1. The molecule has 1 aliphatic heterocycles. The van der Waals surface area contributed by atoms with E-state index >= 15 is 0 Å². The molecule has 1 aliphatic rings. The summed E-state index contributed by atoms with van der Waals surface area (Å²) in [5.74, 6) is 0.542. The van der Waals surface area contributed by atoms with Crippen molar-refractivity contribution in [2.24, 2.45) is 0 Å². The van der Waals surface area contributed by atoms with Crippen LogP contribution in [-0.2, 0) is 4.79 Å². The molecule has 136 valence electrons. The van der Waals surface area contributed by atoms with Crippen LogP contribution in [0.5, 0.6) is 0 Å². The first-order valence-corrected chi connectivity index (χ1v) is 9.27. The van der Waals surface area contributed by atoms with Crippen LogP contribution >= 0.6 is 0 Å². The monoisotopic (exact) mass is 350 g/mol. The first kappa shape index (κ1) is 18.2. The summed E-state index contributed by atoms with van der Waals surface area (Å²) in [6.45, 7) is 7.08. The van der Waals surface area contributed by atoms with Gasteiger partial charge in [-0.15, -0.1) is 0 Å². The van der Waals surface area contributed by atoms with Crippen molar-refractivity contribution < 1.29 is 9.59 Å². The number of anilines is 1. The first-order valence-electron chi connectivity index (χ1n) is 9.27. The molecule has 0 radical (unpaired) electrons. The fourth-order valence-electron chi connectivity index (χ4n) is 3.25. The summed E-state index contributed by atoms with van der Waals surface area (Å²) in [5, 5.41) is 3.04. The molecule has 2 aromatic carbocycles. The maximum absolute atomic E-state index is 12.5. The van der Waals surface area contributed by atoms with Crippen molar-refractivity contribution >= 4 is 17.5 Å². The topological polar surface area (TPSA) is 49.4 Å². The largest absolute Gasteiger partial charge is 0.346 e. The first-order chi connectivity index (χ1) is 12.5. The van der Waals surface area contributed by atoms with Gasteiger partial charge in [-0.05, 0) is 54.7 Å². The van der Waals surface area contributed by atoms with Gasteiger partial charge in [0.05, 0.1) is 6.04 Å². The summed E-state index contributed by atoms with van der Waals surface area (Å²) in [7, 11) is 0. The zero-order chi connectivity index (χ0) is 18.7. The molecule has 0 aromatic heterocycles. The van der Waals surface area contributed by atoms with E-state index in [1.165, 1.54) is 5.56 Å². The van der Waals surface area contributed by atoms with Gasteiger partial charge in [-0.25, -0.2) is 0 Å². The molecule has 4 heteroatoms. The fraction of sp³-hybridized carbons (Fsp3) is 0.364. The standard InChI is InChI=1S/C22H26N2O2/c1-15(2)17-6-8-18(9-7-17)16(3)23-22(26)19-10-12-20(13-11-19)24-14-4-5-21(24)25/h6-13,15-16H,4-5,14H2,1-3H3,(H,23,26). The molecule has 0 bridgehead atoms. The van der Waals surface area contributed by atoms with E-state index in [9.17, 15) is 9.59 Å². The molecule has 2 aromatic rings. The maximum Gasteiger partial charge on any atom is 0.251 e. The average molecular weight is 350 g/mol. The van der Waals surface area contributed by atoms with Crippen molar-refractivity contribution in [3.63, 3.8) is 0 Å². The van der Waals surface area contributed by atoms with E-state index in [4.69, 9.17) is 0 Å². The Balaban J connectivity index is 1.64. The molecule has 0 spiro atoms. The van der Waals surface area contributed by atoms with Crippen molar-refractivity contribution in [2.75, 3.05) is 11.4 Å². The molecular weight excluding hydrogens is 324 g/mol. The summed E-state index contributed by atoms with van der Waals surface area (Å²) in [4.78, 5) is 26.1. The van der Waals surface area contributed by atoms with Gasteiger partial charge >= 0.3 is 0 Å². The molecular formula is C22H26N2O2. The summed E-state index contributed by atoms with van der Waals surface area (Å²) in [6, 6.07) is 15.6. The molecule has 0 aliphatic carbocycles. The van der Waals surface area contributed by atoms with Crippen LogP contribution in [0.1, 0.15) is 67.1 Å². The molecule has 1 N–H and O–H groups in total. The van der Waals surface area contributed by atoms with Crippen molar-refractivity contribution in [1.82, 2.24) is 5.32 Å². The highest BCUT2D eigenvalue weighted by molar-refractivity contribution is 5.97. The van der Waals surface area contributed by atoms with Crippen LogP contribution in [0.3, 0.4) is 0 Å². The van der Waals surface area contributed by atoms with Gasteiger partial charge < -0.3 is 10.2 Å². The summed E-state index contributed by atoms with van der Waals surface area (Å²) in [5.41, 5.74) is 3.84. The molecule has 0 saturated carbocycles. The van der Waals surface area contributed by atoms with E-state index < -0.39 is 0 Å². The van der Waals surface area contributed by atoms with Crippen molar-refractivity contribution in [3.8, 4) is 0 Å². The number of nitrogens with zero attached hydrogens (tertiary/aromatic N) is 1. The number of hydrogen-bond donors (Lipinski definition) is 1. The minimum atomic E-state index is -0.107. The zero-order valence-electron chi connectivity index (χ0n) is 15.7. The van der Waals surface area contributed by atoms with Gasteiger partial charge in [0.1, 0.15) is 0 Å². The highest BCUT2D eigenvalue weighted by atomic mass is 16.2. The van der Waals surface area contributed by atoms with Crippen molar-refractivity contribution in [1.29, 1.82) is 0 Å². The Morgan fingerprint density at radius 1 is 0.962 bits per heavy atom. The van der Waals surface area contributed by atoms with Gasteiger partial charge in [0.25, 0.3) is 5.91 Å². The predicted octanol–water partition coefficient (Wildman–Crippen LogP) is 4.43. The van der Waals surface area contributed by atoms with Crippen LogP contribution in [0.4, 0.5) is 5.69 Å². The van der Waals surface area contributed by atoms with Gasteiger partial charge in [-0.1, -0.05) is 38.1 Å². The maximum atomic E-state index is 12.5. The number of rotatable bonds is 5. The van der Waals surface area contributed by atoms with Crippen LogP contribution in [0, 0.1) is 0 Å². The molecule has 4 nitrogen and oxygen atoms in total. The van der Waals surface area contributed by atoms with Crippen LogP contribution in [-0.4, -0.2) is 18.4 Å². The predicted molar refractivity (Wildman–Crippen MR) is 104 cm³/mol. The Morgan fingerprint density at radius 3 is 2.12 bits per heavy atom. The van der Waals surface area contributed by atoms with E-state index in [1.54, 1.807) is 17.0 Å². The van der Waals surface area contributed by atoms with Gasteiger partial charge in [-0.3, -0.25) is 9.59 Å². The second-order valence-electron chi connectivity index (χ2n) is 7.21. The lowest BCUT2D eigenvalue weighted by atomic mass is 9.99. The molecule has 1 heterocycles. The molecule has 1 unspecified atom stereocenters. The van der Waals surface area contributed by atoms with E-state index in [0.717, 1.165) is 24.2 Å². The molecule has 3 rings (SSSR count). The molecule has 1 saturated heterocycles. The number of hydrogen-bond acceptors (Lipinski definition) is 2. The number of carbonyl (C=O) groups is 2. The Kier molecular flexibility index (Phi) is 5.40. The van der Waals surface area contributed by atoms with Crippen molar-refractivity contribution in [3.05, 3.63) is 65.2 Å². The summed E-state index contributed by atoms with van der Waals surface area (Å²) >= 11 is 0. The Hall–Kier alpha value is -2.62. The molecule has 26 heavy (non-hydrogen) atoms. The van der Waals surface area contributed by atoms with Crippen LogP contribution < -0.4 is 10.2 Å². The second kappa shape index (κ2) is 7.73. The van der Waals surface area contributed by atoms with Crippen LogP contribution in [0.25, 0.3) is 0 Å². The van der Waals surface area contributed by atoms with Crippen molar-refractivity contribution in [2.45, 2.75) is 45.6 Å². The zero-order valence-corrected chi connectivity index (χ0v) is 15.7. The summed E-state index contributed by atoms with van der Waals surface area (Å²) < 4.78 is 0. The number of amides is 2. The summed E-state index contributed by atoms with van der Waals surface area (Å²) in [6.07, 6.45) is 1.50. The molecule has 2 amide bonds. The normalized spacial score (nSPS) is 15.4. The Labute approximate surface area is 155 Å². The second-order valence-corrected chi connectivity index (χ2v) is 7.21. The van der Waals surface area contributed by atoms with E-state index in [0.29, 0.717) is 17.9 Å². The lowest BCUT2D eigenvalue weighted by molar-refractivity contribution is -0.117. The lowest BCUT2D eigenvalue weighted by Gasteiger charge is -2.17. The third-order valence-electron chi connectivity index (χ3n) is 4.97. The Bertz CT molecular complexity index is 779. The number of carbonyl (C=O) groups excluding carboxylic acids is 2. The molecule has 1 atom stereocenters. The SMILES string of the molecule is CC(C)c1ccc(C(C)NC(=O)c2ccc(N3CCCC3=O)cc2)cc1. The fourth-order valence-corrected chi connectivity index (χ4v) is 3.25. The van der Waals surface area contributed by atoms with Gasteiger partial charge in [-0.2, -0.15) is 0 Å². The minimum absolute atomic E-state index is 0.0662. The third-order valence-corrected chi connectivity index (χ3v) is 4.97. The highest BCUT2D eigenvalue weighted by Crippen LogP contribution is 2.22. The minimum Gasteiger partial charge on any atom is -0.346 e.